The second kappa shape index (κ2) is 10.4. The van der Waals surface area contributed by atoms with Crippen LogP contribution in [0.25, 0.3) is 0 Å². The maximum Gasteiger partial charge on any atom is 0.261 e. The van der Waals surface area contributed by atoms with E-state index in [1.165, 1.54) is 10.4 Å². The highest BCUT2D eigenvalue weighted by molar-refractivity contribution is 6.99. The number of aliphatic hydroxyl groups is 1. The van der Waals surface area contributed by atoms with Crippen molar-refractivity contribution in [2.24, 2.45) is 11.8 Å². The third-order valence-corrected chi connectivity index (χ3v) is 11.9. The van der Waals surface area contributed by atoms with E-state index in [-0.39, 0.29) is 35.7 Å². The van der Waals surface area contributed by atoms with Crippen LogP contribution < -0.4 is 10.4 Å². The topological polar surface area (TPSA) is 47.9 Å². The van der Waals surface area contributed by atoms with Gasteiger partial charge in [-0.25, -0.2) is 0 Å². The number of ether oxygens (including phenoxy) is 2. The maximum atomic E-state index is 9.54. The molecule has 0 bridgehead atoms. The van der Waals surface area contributed by atoms with E-state index in [1.807, 2.05) is 13.8 Å². The summed E-state index contributed by atoms with van der Waals surface area (Å²) in [4.78, 5) is 0. The highest BCUT2D eigenvalue weighted by Crippen LogP contribution is 2.39. The Morgan fingerprint density at radius 3 is 1.94 bits per heavy atom. The molecule has 5 heteroatoms. The fraction of sp³-hybridized carbons (Fsp3) is 0.571. The van der Waals surface area contributed by atoms with E-state index in [0.717, 1.165) is 0 Å². The first-order valence-electron chi connectivity index (χ1n) is 12.2. The largest absolute Gasteiger partial charge is 0.407 e. The van der Waals surface area contributed by atoms with Crippen LogP contribution in [0.2, 0.25) is 5.04 Å². The molecule has 0 saturated carbocycles. The van der Waals surface area contributed by atoms with Crippen molar-refractivity contribution >= 4 is 18.7 Å². The Morgan fingerprint density at radius 1 is 0.970 bits per heavy atom. The van der Waals surface area contributed by atoms with Gasteiger partial charge in [-0.1, -0.05) is 95.3 Å². The fourth-order valence-corrected chi connectivity index (χ4v) is 10.0. The Morgan fingerprint density at radius 2 is 1.48 bits per heavy atom. The summed E-state index contributed by atoms with van der Waals surface area (Å²) in [7, 11) is -2.59. The quantitative estimate of drug-likeness (QED) is 0.566. The molecule has 1 saturated heterocycles. The maximum absolute atomic E-state index is 9.54. The van der Waals surface area contributed by atoms with Gasteiger partial charge in [-0.2, -0.15) is 0 Å². The molecule has 182 valence electrons. The number of hydrogen-bond acceptors (Lipinski definition) is 4. The van der Waals surface area contributed by atoms with Crippen LogP contribution >= 0.6 is 0 Å². The van der Waals surface area contributed by atoms with Gasteiger partial charge >= 0.3 is 0 Å². The molecule has 0 unspecified atom stereocenters. The summed E-state index contributed by atoms with van der Waals surface area (Å²) in [5, 5.41) is 12.1. The second-order valence-electron chi connectivity index (χ2n) is 11.0. The molecule has 1 aliphatic rings. The molecule has 1 fully saturated rings. The molecule has 0 amide bonds. The minimum Gasteiger partial charge on any atom is -0.407 e. The van der Waals surface area contributed by atoms with Crippen molar-refractivity contribution in [1.29, 1.82) is 0 Å². The Bertz CT molecular complexity index is 823. The predicted molar refractivity (Wildman–Crippen MR) is 137 cm³/mol. The van der Waals surface area contributed by atoms with Crippen molar-refractivity contribution in [2.45, 2.75) is 77.9 Å². The van der Waals surface area contributed by atoms with E-state index >= 15 is 0 Å². The van der Waals surface area contributed by atoms with Gasteiger partial charge in [0.2, 0.25) is 0 Å². The smallest absolute Gasteiger partial charge is 0.261 e. The molecule has 2 aromatic carbocycles. The van der Waals surface area contributed by atoms with Crippen LogP contribution in [-0.4, -0.2) is 44.6 Å². The van der Waals surface area contributed by atoms with Gasteiger partial charge in [0.05, 0.1) is 12.2 Å². The van der Waals surface area contributed by atoms with Crippen LogP contribution in [0, 0.1) is 11.8 Å². The Kier molecular flexibility index (Phi) is 8.23. The lowest BCUT2D eigenvalue weighted by molar-refractivity contribution is -0.329. The number of hydrogen-bond donors (Lipinski definition) is 1. The molecule has 33 heavy (non-hydrogen) atoms. The first kappa shape index (κ1) is 26.1. The molecule has 1 aliphatic heterocycles. The zero-order chi connectivity index (χ0) is 24.3. The predicted octanol–water partition coefficient (Wildman–Crippen LogP) is 4.74. The minimum absolute atomic E-state index is 0.0106. The lowest BCUT2D eigenvalue weighted by atomic mass is 9.86. The Balaban J connectivity index is 1.94. The van der Waals surface area contributed by atoms with Gasteiger partial charge in [0.1, 0.15) is 0 Å². The lowest BCUT2D eigenvalue weighted by Gasteiger charge is -2.48. The summed E-state index contributed by atoms with van der Waals surface area (Å²) >= 11 is 0. The first-order chi connectivity index (χ1) is 15.5. The molecular weight excluding hydrogens is 428 g/mol. The van der Waals surface area contributed by atoms with Gasteiger partial charge in [-0.05, 0) is 35.7 Å². The van der Waals surface area contributed by atoms with Crippen LogP contribution in [0.4, 0.5) is 0 Å². The van der Waals surface area contributed by atoms with E-state index in [4.69, 9.17) is 13.9 Å². The molecule has 4 atom stereocenters. The second-order valence-corrected chi connectivity index (χ2v) is 15.3. The molecule has 1 N–H and O–H groups in total. The van der Waals surface area contributed by atoms with Gasteiger partial charge in [-0.15, -0.1) is 0 Å². The van der Waals surface area contributed by atoms with Gasteiger partial charge < -0.3 is 19.0 Å². The van der Waals surface area contributed by atoms with Crippen LogP contribution in [0.3, 0.4) is 0 Å². The number of rotatable bonds is 8. The highest BCUT2D eigenvalue weighted by atomic mass is 28.4. The van der Waals surface area contributed by atoms with Gasteiger partial charge in [0, 0.05) is 25.0 Å². The molecule has 3 rings (SSSR count). The zero-order valence-electron chi connectivity index (χ0n) is 21.4. The number of benzene rings is 2. The summed E-state index contributed by atoms with van der Waals surface area (Å²) in [6.45, 7) is 15.9. The Hall–Kier alpha value is -1.50. The summed E-state index contributed by atoms with van der Waals surface area (Å²) in [6, 6.07) is 21.5. The van der Waals surface area contributed by atoms with Crippen molar-refractivity contribution in [3.05, 3.63) is 60.7 Å². The van der Waals surface area contributed by atoms with Crippen LogP contribution in [0.5, 0.6) is 0 Å². The van der Waals surface area contributed by atoms with E-state index in [0.29, 0.717) is 13.0 Å². The molecule has 4 nitrogen and oxygen atoms in total. The summed E-state index contributed by atoms with van der Waals surface area (Å²) in [5.41, 5.74) is 0. The van der Waals surface area contributed by atoms with E-state index in [9.17, 15) is 5.11 Å². The summed E-state index contributed by atoms with van der Waals surface area (Å²) < 4.78 is 19.7. The average Bonchev–Trinajstić information content (AvgIpc) is 2.77. The van der Waals surface area contributed by atoms with Crippen LogP contribution in [-0.2, 0) is 13.9 Å². The van der Waals surface area contributed by atoms with Crippen molar-refractivity contribution < 1.29 is 19.0 Å². The van der Waals surface area contributed by atoms with Crippen LogP contribution in [0.15, 0.2) is 60.7 Å². The highest BCUT2D eigenvalue weighted by Gasteiger charge is 2.51. The van der Waals surface area contributed by atoms with Crippen molar-refractivity contribution in [1.82, 2.24) is 0 Å². The number of aliphatic hydroxyl groups excluding tert-OH is 1. The summed E-state index contributed by atoms with van der Waals surface area (Å²) in [5.74, 6) is -0.336. The molecule has 2 aromatic rings. The molecule has 0 aromatic heterocycles. The Labute approximate surface area is 201 Å². The van der Waals surface area contributed by atoms with Gasteiger partial charge in [0.25, 0.3) is 8.32 Å². The monoisotopic (exact) mass is 470 g/mol. The standard InChI is InChI=1S/C28H42O4Si/c1-21(26-22(2)25(18-19-29)31-28(6,7)32-26)20-30-33(27(3,4)5,23-14-10-8-11-15-23)24-16-12-9-13-17-24/h8-17,21-22,25-26,29H,18-20H2,1-7H3/t21-,22+,25-,26-/m0/s1. The first-order valence-corrected chi connectivity index (χ1v) is 14.1. The third-order valence-electron chi connectivity index (χ3n) is 6.91. The molecular formula is C28H42O4Si. The van der Waals surface area contributed by atoms with Gasteiger partial charge in [-0.3, -0.25) is 0 Å². The van der Waals surface area contributed by atoms with E-state index in [2.05, 4.69) is 95.3 Å². The fourth-order valence-electron chi connectivity index (χ4n) is 5.34. The molecule has 0 spiro atoms. The molecule has 1 heterocycles. The van der Waals surface area contributed by atoms with E-state index < -0.39 is 14.1 Å². The lowest BCUT2D eigenvalue weighted by Crippen LogP contribution is -2.67. The molecule has 0 radical (unpaired) electrons. The SMILES string of the molecule is C[C@H]1[C@H]([C@@H](C)CO[Si](c2ccccc2)(c2ccccc2)C(C)(C)C)OC(C)(C)O[C@H]1CCO. The third kappa shape index (κ3) is 5.60. The van der Waals surface area contributed by atoms with Crippen LogP contribution in [0.1, 0.15) is 54.9 Å². The average molecular weight is 471 g/mol. The minimum atomic E-state index is -2.59. The normalized spacial score (nSPS) is 24.4. The van der Waals surface area contributed by atoms with Crippen molar-refractivity contribution in [3.63, 3.8) is 0 Å². The zero-order valence-corrected chi connectivity index (χ0v) is 22.4. The summed E-state index contributed by atoms with van der Waals surface area (Å²) in [6.07, 6.45) is 0.579. The molecule has 0 aliphatic carbocycles. The van der Waals surface area contributed by atoms with Crippen molar-refractivity contribution in [2.75, 3.05) is 13.2 Å². The van der Waals surface area contributed by atoms with Gasteiger partial charge in [0.15, 0.2) is 5.79 Å². The van der Waals surface area contributed by atoms with Crippen molar-refractivity contribution in [3.8, 4) is 0 Å². The van der Waals surface area contributed by atoms with E-state index in [1.54, 1.807) is 0 Å².